The summed E-state index contributed by atoms with van der Waals surface area (Å²) in [6.07, 6.45) is 1.59. The summed E-state index contributed by atoms with van der Waals surface area (Å²) in [5.74, 6) is -2.25. The molecule has 0 aliphatic heterocycles. The number of benzene rings is 2. The molecule has 2 aromatic heterocycles. The van der Waals surface area contributed by atoms with Crippen LogP contribution in [0.1, 0.15) is 0 Å². The highest BCUT2D eigenvalue weighted by atomic mass is 19.1. The Balaban J connectivity index is 1.53. The average Bonchev–Trinajstić information content (AvgIpc) is 3.40. The number of amides is 1. The van der Waals surface area contributed by atoms with E-state index in [1.807, 2.05) is 0 Å². The Morgan fingerprint density at radius 2 is 1.97 bits per heavy atom. The summed E-state index contributed by atoms with van der Waals surface area (Å²) < 4.78 is 52.6. The number of nitrogens with one attached hydrogen (secondary N) is 1. The number of anilines is 1. The number of ether oxygens (including phenoxy) is 1. The van der Waals surface area contributed by atoms with Gasteiger partial charge in [0.2, 0.25) is 11.7 Å². The molecule has 0 fully saturated rings. The number of carbonyl (C=O) groups excluding carboxylic acids is 1. The second kappa shape index (κ2) is 8.34. The Bertz CT molecular complexity index is 1250. The molecule has 7 nitrogen and oxygen atoms in total. The first-order valence-corrected chi connectivity index (χ1v) is 9.02. The van der Waals surface area contributed by atoms with Crippen molar-refractivity contribution in [2.45, 2.75) is 6.54 Å². The predicted octanol–water partition coefficient (Wildman–Crippen LogP) is 4.27. The molecule has 0 saturated heterocycles. The van der Waals surface area contributed by atoms with Gasteiger partial charge in [0.05, 0.1) is 12.8 Å². The lowest BCUT2D eigenvalue weighted by Crippen LogP contribution is -2.19. The molecule has 31 heavy (non-hydrogen) atoms. The van der Waals surface area contributed by atoms with Crippen LogP contribution in [0.5, 0.6) is 5.75 Å². The fourth-order valence-corrected chi connectivity index (χ4v) is 2.93. The van der Waals surface area contributed by atoms with Gasteiger partial charge >= 0.3 is 0 Å². The first kappa shape index (κ1) is 20.2. The number of aromatic nitrogens is 3. The standard InChI is InChI=1S/C21H15F3N4O3/c1-30-18-7-4-12(9-15(18)24)20-26-21(31-27-20)17-3-2-8-28(17)11-19(29)25-16-10-13(22)5-6-14(16)23/h2-10H,11H2,1H3,(H,25,29). The van der Waals surface area contributed by atoms with Gasteiger partial charge in [0.15, 0.2) is 11.6 Å². The largest absolute Gasteiger partial charge is 0.494 e. The number of hydrogen-bond acceptors (Lipinski definition) is 5. The molecule has 0 radical (unpaired) electrons. The molecule has 4 rings (SSSR count). The van der Waals surface area contributed by atoms with Crippen molar-refractivity contribution < 1.29 is 27.2 Å². The van der Waals surface area contributed by atoms with Gasteiger partial charge < -0.3 is 19.1 Å². The van der Waals surface area contributed by atoms with E-state index in [9.17, 15) is 18.0 Å². The number of hydrogen-bond donors (Lipinski definition) is 1. The predicted molar refractivity (Wildman–Crippen MR) is 105 cm³/mol. The smallest absolute Gasteiger partial charge is 0.274 e. The van der Waals surface area contributed by atoms with Gasteiger partial charge in [0.25, 0.3) is 5.89 Å². The molecular weight excluding hydrogens is 413 g/mol. The topological polar surface area (TPSA) is 82.2 Å². The Hall–Kier alpha value is -4.08. The van der Waals surface area contributed by atoms with Crippen LogP contribution in [-0.2, 0) is 11.3 Å². The molecule has 2 aromatic carbocycles. The first-order chi connectivity index (χ1) is 14.9. The minimum Gasteiger partial charge on any atom is -0.494 e. The molecule has 158 valence electrons. The summed E-state index contributed by atoms with van der Waals surface area (Å²) in [5.41, 5.74) is 0.536. The van der Waals surface area contributed by atoms with Gasteiger partial charge in [-0.2, -0.15) is 4.98 Å². The highest BCUT2D eigenvalue weighted by Crippen LogP contribution is 2.26. The van der Waals surface area contributed by atoms with E-state index in [-0.39, 0.29) is 29.7 Å². The number of carbonyl (C=O) groups is 1. The van der Waals surface area contributed by atoms with Crippen LogP contribution < -0.4 is 10.1 Å². The molecule has 0 spiro atoms. The Labute approximate surface area is 174 Å². The average molecular weight is 428 g/mol. The number of halogens is 3. The van der Waals surface area contributed by atoms with Crippen LogP contribution in [0.15, 0.2) is 59.3 Å². The summed E-state index contributed by atoms with van der Waals surface area (Å²) >= 11 is 0. The van der Waals surface area contributed by atoms with Gasteiger partial charge in [-0.25, -0.2) is 13.2 Å². The van der Waals surface area contributed by atoms with Crippen LogP contribution in [0.4, 0.5) is 18.9 Å². The Morgan fingerprint density at radius 1 is 1.13 bits per heavy atom. The van der Waals surface area contributed by atoms with E-state index < -0.39 is 23.4 Å². The molecule has 0 aliphatic carbocycles. The zero-order valence-corrected chi connectivity index (χ0v) is 16.1. The lowest BCUT2D eigenvalue weighted by atomic mass is 10.2. The zero-order chi connectivity index (χ0) is 22.0. The molecule has 0 aliphatic rings. The first-order valence-electron chi connectivity index (χ1n) is 9.02. The zero-order valence-electron chi connectivity index (χ0n) is 16.1. The number of methoxy groups -OCH3 is 1. The fraction of sp³-hybridized carbons (Fsp3) is 0.0952. The minimum absolute atomic E-state index is 0.0853. The molecule has 0 saturated carbocycles. The van der Waals surface area contributed by atoms with Crippen molar-refractivity contribution in [1.29, 1.82) is 0 Å². The summed E-state index contributed by atoms with van der Waals surface area (Å²) in [7, 11) is 1.36. The summed E-state index contributed by atoms with van der Waals surface area (Å²) in [5, 5.41) is 6.17. The van der Waals surface area contributed by atoms with Crippen molar-refractivity contribution in [1.82, 2.24) is 14.7 Å². The van der Waals surface area contributed by atoms with Crippen LogP contribution in [0, 0.1) is 17.5 Å². The summed E-state index contributed by atoms with van der Waals surface area (Å²) in [6, 6.07) is 10.3. The van der Waals surface area contributed by atoms with E-state index in [2.05, 4.69) is 15.5 Å². The fourth-order valence-electron chi connectivity index (χ4n) is 2.93. The SMILES string of the molecule is COc1ccc(-c2noc(-c3cccn3CC(=O)Nc3cc(F)ccc3F)n2)cc1F. The van der Waals surface area contributed by atoms with Crippen molar-refractivity contribution in [3.05, 3.63) is 72.2 Å². The van der Waals surface area contributed by atoms with Gasteiger partial charge in [-0.1, -0.05) is 5.16 Å². The molecular formula is C21H15F3N4O3. The van der Waals surface area contributed by atoms with E-state index in [0.717, 1.165) is 18.2 Å². The highest BCUT2D eigenvalue weighted by molar-refractivity contribution is 5.91. The molecule has 0 bridgehead atoms. The van der Waals surface area contributed by atoms with Gasteiger partial charge in [0.1, 0.15) is 23.9 Å². The third-order valence-corrected chi connectivity index (χ3v) is 4.40. The molecule has 1 amide bonds. The Kier molecular flexibility index (Phi) is 5.44. The third kappa shape index (κ3) is 4.27. The van der Waals surface area contributed by atoms with E-state index >= 15 is 0 Å². The van der Waals surface area contributed by atoms with Crippen LogP contribution in [0.2, 0.25) is 0 Å². The van der Waals surface area contributed by atoms with E-state index in [0.29, 0.717) is 11.3 Å². The van der Waals surface area contributed by atoms with Gasteiger partial charge in [0, 0.05) is 17.8 Å². The van der Waals surface area contributed by atoms with E-state index in [1.165, 1.54) is 23.8 Å². The van der Waals surface area contributed by atoms with Crippen molar-refractivity contribution in [2.24, 2.45) is 0 Å². The lowest BCUT2D eigenvalue weighted by molar-refractivity contribution is -0.116. The highest BCUT2D eigenvalue weighted by Gasteiger charge is 2.17. The maximum atomic E-state index is 13.9. The van der Waals surface area contributed by atoms with Gasteiger partial charge in [-0.15, -0.1) is 0 Å². The van der Waals surface area contributed by atoms with Crippen LogP contribution in [0.25, 0.3) is 23.0 Å². The molecule has 0 unspecified atom stereocenters. The van der Waals surface area contributed by atoms with E-state index in [4.69, 9.17) is 9.26 Å². The van der Waals surface area contributed by atoms with Crippen molar-refractivity contribution in [2.75, 3.05) is 12.4 Å². The number of rotatable bonds is 6. The van der Waals surface area contributed by atoms with Crippen LogP contribution in [0.3, 0.4) is 0 Å². The molecule has 1 N–H and O–H groups in total. The normalized spacial score (nSPS) is 10.8. The van der Waals surface area contributed by atoms with Gasteiger partial charge in [-0.05, 0) is 42.5 Å². The molecule has 10 heteroatoms. The van der Waals surface area contributed by atoms with Crippen molar-refractivity contribution >= 4 is 11.6 Å². The number of nitrogens with zero attached hydrogens (tertiary/aromatic N) is 3. The van der Waals surface area contributed by atoms with E-state index in [1.54, 1.807) is 24.4 Å². The quantitative estimate of drug-likeness (QED) is 0.496. The molecule has 4 aromatic rings. The summed E-state index contributed by atoms with van der Waals surface area (Å²) in [4.78, 5) is 16.6. The molecule has 2 heterocycles. The van der Waals surface area contributed by atoms with Crippen LogP contribution in [-0.4, -0.2) is 27.7 Å². The minimum atomic E-state index is -0.754. The van der Waals surface area contributed by atoms with Crippen LogP contribution >= 0.6 is 0 Å². The second-order valence-electron chi connectivity index (χ2n) is 6.47. The summed E-state index contributed by atoms with van der Waals surface area (Å²) in [6.45, 7) is -0.215. The van der Waals surface area contributed by atoms with Crippen molar-refractivity contribution in [3.63, 3.8) is 0 Å². The lowest BCUT2D eigenvalue weighted by Gasteiger charge is -2.09. The monoisotopic (exact) mass is 428 g/mol. The third-order valence-electron chi connectivity index (χ3n) is 4.40. The maximum Gasteiger partial charge on any atom is 0.274 e. The van der Waals surface area contributed by atoms with Gasteiger partial charge in [-0.3, -0.25) is 4.79 Å². The molecule has 0 atom stereocenters. The van der Waals surface area contributed by atoms with Crippen molar-refractivity contribution in [3.8, 4) is 28.7 Å². The Morgan fingerprint density at radius 3 is 2.74 bits per heavy atom. The second-order valence-corrected chi connectivity index (χ2v) is 6.47. The maximum absolute atomic E-state index is 13.9.